The lowest BCUT2D eigenvalue weighted by Crippen LogP contribution is -2.14. The molecule has 1 aromatic heterocycles. The summed E-state index contributed by atoms with van der Waals surface area (Å²) in [5, 5.41) is 10.6. The van der Waals surface area contributed by atoms with Crippen molar-refractivity contribution in [2.75, 3.05) is 11.9 Å². The van der Waals surface area contributed by atoms with Gasteiger partial charge in [0.05, 0.1) is 5.39 Å². The molecule has 0 aliphatic rings. The second-order valence-electron chi connectivity index (χ2n) is 3.49. The smallest absolute Gasteiger partial charge is 0.322 e. The number of carboxylic acids is 1. The monoisotopic (exact) mass is 256 g/mol. The molecule has 18 heavy (non-hydrogen) atoms. The van der Waals surface area contributed by atoms with E-state index in [0.29, 0.717) is 0 Å². The van der Waals surface area contributed by atoms with Gasteiger partial charge in [-0.05, 0) is 17.5 Å². The van der Waals surface area contributed by atoms with Crippen LogP contribution in [-0.2, 0) is 4.79 Å². The highest BCUT2D eigenvalue weighted by atomic mass is 19.2. The minimum atomic E-state index is -1.62. The number of fused-ring (bicyclic) bond motifs is 1. The maximum absolute atomic E-state index is 13.6. The Hall–Kier alpha value is -2.31. The number of halogens is 3. The molecule has 2 aromatic rings. The molecule has 0 saturated carbocycles. The number of aromatic nitrogens is 1. The first-order valence-electron chi connectivity index (χ1n) is 4.88. The Morgan fingerprint density at radius 1 is 1.33 bits per heavy atom. The molecule has 2 rings (SSSR count). The largest absolute Gasteiger partial charge is 0.480 e. The average Bonchev–Trinajstić information content (AvgIpc) is 2.33. The quantitative estimate of drug-likeness (QED) is 0.826. The van der Waals surface area contributed by atoms with Crippen molar-refractivity contribution in [3.05, 3.63) is 35.8 Å². The molecule has 7 heteroatoms. The number of aliphatic carboxylic acids is 1. The van der Waals surface area contributed by atoms with Gasteiger partial charge in [-0.25, -0.2) is 18.2 Å². The van der Waals surface area contributed by atoms with Crippen molar-refractivity contribution < 1.29 is 23.1 Å². The summed E-state index contributed by atoms with van der Waals surface area (Å²) in [4.78, 5) is 14.1. The molecule has 0 aliphatic heterocycles. The maximum atomic E-state index is 13.6. The number of hydrogen-bond donors (Lipinski definition) is 2. The summed E-state index contributed by atoms with van der Waals surface area (Å²) in [7, 11) is 0. The Bertz CT molecular complexity index is 631. The fraction of sp³-hybridized carbons (Fsp3) is 0.0909. The van der Waals surface area contributed by atoms with Crippen molar-refractivity contribution in [3.8, 4) is 0 Å². The number of pyridine rings is 1. The van der Waals surface area contributed by atoms with E-state index in [1.165, 1.54) is 12.3 Å². The number of anilines is 1. The van der Waals surface area contributed by atoms with Gasteiger partial charge < -0.3 is 10.4 Å². The molecule has 0 unspecified atom stereocenters. The fourth-order valence-electron chi connectivity index (χ4n) is 1.54. The van der Waals surface area contributed by atoms with Gasteiger partial charge in [-0.15, -0.1) is 0 Å². The first-order valence-corrected chi connectivity index (χ1v) is 4.88. The molecule has 0 aliphatic carbocycles. The Morgan fingerprint density at radius 3 is 2.72 bits per heavy atom. The topological polar surface area (TPSA) is 62.2 Å². The second-order valence-corrected chi connectivity index (χ2v) is 3.49. The van der Waals surface area contributed by atoms with Crippen LogP contribution in [0.2, 0.25) is 0 Å². The second kappa shape index (κ2) is 4.52. The Labute approximate surface area is 99.1 Å². The zero-order chi connectivity index (χ0) is 13.3. The maximum Gasteiger partial charge on any atom is 0.322 e. The van der Waals surface area contributed by atoms with E-state index >= 15 is 0 Å². The van der Waals surface area contributed by atoms with E-state index in [2.05, 4.69) is 10.3 Å². The molecule has 1 heterocycles. The van der Waals surface area contributed by atoms with Crippen molar-refractivity contribution in [1.29, 1.82) is 0 Å². The highest BCUT2D eigenvalue weighted by molar-refractivity contribution is 5.93. The van der Waals surface area contributed by atoms with Crippen molar-refractivity contribution in [2.24, 2.45) is 0 Å². The van der Waals surface area contributed by atoms with E-state index in [-0.39, 0.29) is 16.6 Å². The van der Waals surface area contributed by atoms with Gasteiger partial charge in [0.1, 0.15) is 12.4 Å². The highest BCUT2D eigenvalue weighted by Gasteiger charge is 2.17. The van der Waals surface area contributed by atoms with Crippen LogP contribution in [0.15, 0.2) is 18.3 Å². The molecule has 0 fully saturated rings. The number of rotatable bonds is 3. The molecule has 94 valence electrons. The standard InChI is InChI=1S/C11H7F3N2O2/c12-6-3-5-1-2-15-11(16-4-7(17)18)8(5)10(14)9(6)13/h1-3H,4H2,(H,15,16)(H,17,18). The molecule has 0 atom stereocenters. The number of nitrogens with one attached hydrogen (secondary N) is 1. The summed E-state index contributed by atoms with van der Waals surface area (Å²) in [6.45, 7) is -0.509. The number of hydrogen-bond acceptors (Lipinski definition) is 3. The van der Waals surface area contributed by atoms with Crippen LogP contribution < -0.4 is 5.32 Å². The summed E-state index contributed by atoms with van der Waals surface area (Å²) in [5.41, 5.74) is 0. The van der Waals surface area contributed by atoms with Crippen molar-refractivity contribution in [2.45, 2.75) is 0 Å². The van der Waals surface area contributed by atoms with Gasteiger partial charge in [-0.2, -0.15) is 0 Å². The first-order chi connectivity index (χ1) is 8.50. The van der Waals surface area contributed by atoms with Gasteiger partial charge in [-0.3, -0.25) is 4.79 Å². The predicted molar refractivity (Wildman–Crippen MR) is 57.7 cm³/mol. The molecular weight excluding hydrogens is 249 g/mol. The van der Waals surface area contributed by atoms with Crippen molar-refractivity contribution >= 4 is 22.6 Å². The van der Waals surface area contributed by atoms with Gasteiger partial charge in [0.25, 0.3) is 0 Å². The number of nitrogens with zero attached hydrogens (tertiary/aromatic N) is 1. The van der Waals surface area contributed by atoms with Gasteiger partial charge in [0.15, 0.2) is 17.5 Å². The summed E-state index contributed by atoms with van der Waals surface area (Å²) in [6.07, 6.45) is 1.24. The lowest BCUT2D eigenvalue weighted by atomic mass is 10.1. The first kappa shape index (κ1) is 12.2. The third-order valence-corrected chi connectivity index (χ3v) is 2.29. The molecule has 2 N–H and O–H groups in total. The Kier molecular flexibility index (Phi) is 3.05. The summed E-state index contributed by atoms with van der Waals surface area (Å²) >= 11 is 0. The van der Waals surface area contributed by atoms with Crippen LogP contribution in [0.25, 0.3) is 10.8 Å². The van der Waals surface area contributed by atoms with E-state index in [1.807, 2.05) is 0 Å². The molecule has 0 radical (unpaired) electrons. The van der Waals surface area contributed by atoms with Gasteiger partial charge in [0.2, 0.25) is 0 Å². The van der Waals surface area contributed by atoms with E-state index in [1.54, 1.807) is 0 Å². The minimum absolute atomic E-state index is 0.0919. The number of carboxylic acid groups (broad SMARTS) is 1. The molecular formula is C11H7F3N2O2. The van der Waals surface area contributed by atoms with E-state index in [0.717, 1.165) is 6.07 Å². The molecule has 0 amide bonds. The SMILES string of the molecule is O=C(O)CNc1nccc2cc(F)c(F)c(F)c12. The van der Waals surface area contributed by atoms with Crippen LogP contribution in [0, 0.1) is 17.5 Å². The van der Waals surface area contributed by atoms with Gasteiger partial charge in [0, 0.05) is 6.20 Å². The summed E-state index contributed by atoms with van der Waals surface area (Å²) in [5.74, 6) is -5.65. The Morgan fingerprint density at radius 2 is 2.06 bits per heavy atom. The Balaban J connectivity index is 2.61. The zero-order valence-corrected chi connectivity index (χ0v) is 8.88. The molecule has 4 nitrogen and oxygen atoms in total. The third-order valence-electron chi connectivity index (χ3n) is 2.29. The minimum Gasteiger partial charge on any atom is -0.480 e. The van der Waals surface area contributed by atoms with Crippen LogP contribution in [-0.4, -0.2) is 22.6 Å². The molecule has 0 spiro atoms. The van der Waals surface area contributed by atoms with Crippen LogP contribution >= 0.6 is 0 Å². The van der Waals surface area contributed by atoms with Gasteiger partial charge >= 0.3 is 5.97 Å². The molecule has 0 bridgehead atoms. The lowest BCUT2D eigenvalue weighted by molar-refractivity contribution is -0.134. The third kappa shape index (κ3) is 2.06. The van der Waals surface area contributed by atoms with Crippen molar-refractivity contribution in [1.82, 2.24) is 4.98 Å². The zero-order valence-electron chi connectivity index (χ0n) is 8.88. The van der Waals surface area contributed by atoms with Crippen LogP contribution in [0.4, 0.5) is 19.0 Å². The summed E-state index contributed by atoms with van der Waals surface area (Å²) in [6, 6.07) is 2.12. The molecule has 1 aromatic carbocycles. The number of carbonyl (C=O) groups is 1. The summed E-state index contributed by atoms with van der Waals surface area (Å²) < 4.78 is 39.7. The van der Waals surface area contributed by atoms with Gasteiger partial charge in [-0.1, -0.05) is 0 Å². The molecule has 0 saturated heterocycles. The van der Waals surface area contributed by atoms with Crippen molar-refractivity contribution in [3.63, 3.8) is 0 Å². The van der Waals surface area contributed by atoms with E-state index in [9.17, 15) is 18.0 Å². The normalized spacial score (nSPS) is 10.6. The van der Waals surface area contributed by atoms with Crippen LogP contribution in [0.3, 0.4) is 0 Å². The lowest BCUT2D eigenvalue weighted by Gasteiger charge is -2.08. The fourth-order valence-corrected chi connectivity index (χ4v) is 1.54. The number of benzene rings is 1. The van der Waals surface area contributed by atoms with Crippen LogP contribution in [0.1, 0.15) is 0 Å². The van der Waals surface area contributed by atoms with E-state index < -0.39 is 30.0 Å². The van der Waals surface area contributed by atoms with Crippen LogP contribution in [0.5, 0.6) is 0 Å². The average molecular weight is 256 g/mol. The van der Waals surface area contributed by atoms with E-state index in [4.69, 9.17) is 5.11 Å². The predicted octanol–water partition coefficient (Wildman–Crippen LogP) is 2.15. The highest BCUT2D eigenvalue weighted by Crippen LogP contribution is 2.27.